The molecule has 10 heteroatoms. The van der Waals surface area contributed by atoms with E-state index in [1.165, 1.54) is 30.7 Å². The fraction of sp³-hybridized carbons (Fsp3) is 0.432. The molecule has 0 aliphatic carbocycles. The Hall–Kier alpha value is -4.02. The Morgan fingerprint density at radius 3 is 2.49 bits per heavy atom. The fourth-order valence-electron chi connectivity index (χ4n) is 5.18. The average molecular weight is 660 g/mol. The van der Waals surface area contributed by atoms with E-state index in [1.54, 1.807) is 12.3 Å². The minimum atomic E-state index is -0.502. The lowest BCUT2D eigenvalue weighted by Gasteiger charge is -2.17. The quantitative estimate of drug-likeness (QED) is 0.0831. The molecule has 1 saturated heterocycles. The van der Waals surface area contributed by atoms with Gasteiger partial charge in [-0.1, -0.05) is 61.8 Å². The topological polar surface area (TPSA) is 130 Å². The summed E-state index contributed by atoms with van der Waals surface area (Å²) in [5.74, 6) is 2.70. The number of hydrogen-bond acceptors (Lipinski definition) is 9. The maximum atomic E-state index is 10.9. The van der Waals surface area contributed by atoms with Crippen LogP contribution in [0.2, 0.25) is 0 Å². The van der Waals surface area contributed by atoms with Crippen LogP contribution in [0.1, 0.15) is 90.5 Å². The lowest BCUT2D eigenvalue weighted by molar-refractivity contribution is -0.389. The van der Waals surface area contributed by atoms with E-state index in [0.717, 1.165) is 75.8 Å². The Morgan fingerprint density at radius 2 is 1.91 bits per heavy atom. The molecule has 1 aromatic carbocycles. The number of ether oxygens (including phenoxy) is 1. The number of pyridine rings is 1. The highest BCUT2D eigenvalue weighted by Crippen LogP contribution is 2.33. The summed E-state index contributed by atoms with van der Waals surface area (Å²) in [5, 5.41) is 15.0. The van der Waals surface area contributed by atoms with E-state index in [0.29, 0.717) is 17.9 Å². The third kappa shape index (κ3) is 10.8. The van der Waals surface area contributed by atoms with E-state index in [-0.39, 0.29) is 5.82 Å². The van der Waals surface area contributed by atoms with Gasteiger partial charge in [0.25, 0.3) is 0 Å². The summed E-state index contributed by atoms with van der Waals surface area (Å²) in [7, 11) is 0. The summed E-state index contributed by atoms with van der Waals surface area (Å²) in [4.78, 5) is 18.8. The molecule has 252 valence electrons. The van der Waals surface area contributed by atoms with E-state index in [1.807, 2.05) is 57.7 Å². The molecule has 2 unspecified atom stereocenters. The standard InChI is InChI=1S/C20H28N4O2.C17H21NO2S/c1-6-9-10-17(16-11-12-18(23-13-16)24(25)26)19(15(5)22-8-3)20(21)14(4)7-2;1-12-8-9-15(19-12)10-21-11-16-13(2)18-20-17(16)14-6-4-3-5-7-14/h8,10-13H,6-7,9,21H2,1-5H3;3-7,12,15H,8-11H2,1-2H3/b17-10-,19-15-,20-14-,22-8?;. The van der Waals surface area contributed by atoms with Gasteiger partial charge in [0.05, 0.1) is 17.9 Å². The molecule has 0 radical (unpaired) electrons. The molecular formula is C37H49N5O4S. The number of benzene rings is 1. The first-order valence-corrected chi connectivity index (χ1v) is 17.5. The number of aliphatic imine (C=N–C) groups is 1. The number of hydrogen-bond donors (Lipinski definition) is 1. The highest BCUT2D eigenvalue weighted by Gasteiger charge is 2.23. The third-order valence-corrected chi connectivity index (χ3v) is 9.09. The molecule has 1 aliphatic heterocycles. The van der Waals surface area contributed by atoms with Crippen LogP contribution >= 0.6 is 11.8 Å². The number of allylic oxidation sites excluding steroid dienone is 4. The molecule has 4 rings (SSSR count). The van der Waals surface area contributed by atoms with Crippen LogP contribution in [0.15, 0.2) is 86.8 Å². The first-order valence-electron chi connectivity index (χ1n) is 16.3. The van der Waals surface area contributed by atoms with Crippen molar-refractivity contribution in [3.63, 3.8) is 0 Å². The molecule has 47 heavy (non-hydrogen) atoms. The minimum absolute atomic E-state index is 0.175. The maximum Gasteiger partial charge on any atom is 0.363 e. The zero-order valence-electron chi connectivity index (χ0n) is 28.8. The number of nitrogens with two attached hydrogens (primary N) is 1. The van der Waals surface area contributed by atoms with E-state index in [9.17, 15) is 10.1 Å². The lowest BCUT2D eigenvalue weighted by atomic mass is 9.91. The Labute approximate surface area is 283 Å². The molecule has 1 aliphatic rings. The van der Waals surface area contributed by atoms with Crippen LogP contribution in [0.5, 0.6) is 0 Å². The summed E-state index contributed by atoms with van der Waals surface area (Å²) in [6.45, 7) is 14.1. The van der Waals surface area contributed by atoms with E-state index < -0.39 is 4.92 Å². The fourth-order valence-corrected chi connectivity index (χ4v) is 6.35. The summed E-state index contributed by atoms with van der Waals surface area (Å²) in [5.41, 5.74) is 14.9. The number of nitrogens with zero attached hydrogens (tertiary/aromatic N) is 4. The predicted molar refractivity (Wildman–Crippen MR) is 194 cm³/mol. The molecule has 3 heterocycles. The van der Waals surface area contributed by atoms with Gasteiger partial charge < -0.3 is 25.1 Å². The van der Waals surface area contributed by atoms with Gasteiger partial charge in [-0.05, 0) is 87.4 Å². The highest BCUT2D eigenvalue weighted by molar-refractivity contribution is 7.98. The van der Waals surface area contributed by atoms with Gasteiger partial charge in [-0.25, -0.2) is 0 Å². The number of rotatable bonds is 13. The molecule has 0 spiro atoms. The molecule has 9 nitrogen and oxygen atoms in total. The molecule has 0 amide bonds. The normalized spacial score (nSPS) is 17.6. The van der Waals surface area contributed by atoms with Gasteiger partial charge in [-0.3, -0.25) is 4.99 Å². The van der Waals surface area contributed by atoms with Gasteiger partial charge in [-0.2, -0.15) is 11.8 Å². The van der Waals surface area contributed by atoms with E-state index >= 15 is 0 Å². The van der Waals surface area contributed by atoms with Crippen LogP contribution in [0.4, 0.5) is 5.82 Å². The van der Waals surface area contributed by atoms with Crippen LogP contribution in [0.3, 0.4) is 0 Å². The van der Waals surface area contributed by atoms with Crippen LogP contribution in [-0.2, 0) is 10.5 Å². The molecule has 2 N–H and O–H groups in total. The average Bonchev–Trinajstić information content (AvgIpc) is 3.67. The summed E-state index contributed by atoms with van der Waals surface area (Å²) < 4.78 is 11.4. The Bertz CT molecular complexity index is 1580. The summed E-state index contributed by atoms with van der Waals surface area (Å²) in [6.07, 6.45) is 11.2. The Kier molecular flexibility index (Phi) is 15.1. The number of aryl methyl sites for hydroxylation is 1. The van der Waals surface area contributed by atoms with Gasteiger partial charge in [0.2, 0.25) is 0 Å². The zero-order chi connectivity index (χ0) is 34.3. The maximum absolute atomic E-state index is 10.9. The predicted octanol–water partition coefficient (Wildman–Crippen LogP) is 9.63. The number of thioether (sulfide) groups is 1. The molecule has 1 fully saturated rings. The molecule has 3 aromatic rings. The van der Waals surface area contributed by atoms with Gasteiger partial charge in [-0.15, -0.1) is 0 Å². The second kappa shape index (κ2) is 19.0. The molecule has 0 bridgehead atoms. The molecule has 2 atom stereocenters. The lowest BCUT2D eigenvalue weighted by Crippen LogP contribution is -2.11. The van der Waals surface area contributed by atoms with Crippen LogP contribution in [0.25, 0.3) is 16.9 Å². The van der Waals surface area contributed by atoms with Crippen molar-refractivity contribution < 1.29 is 14.2 Å². The Morgan fingerprint density at radius 1 is 1.17 bits per heavy atom. The van der Waals surface area contributed by atoms with Gasteiger partial charge in [0.1, 0.15) is 6.20 Å². The van der Waals surface area contributed by atoms with Crippen LogP contribution < -0.4 is 5.73 Å². The monoisotopic (exact) mass is 659 g/mol. The van der Waals surface area contributed by atoms with Crippen LogP contribution in [0, 0.1) is 17.0 Å². The SMILES string of the molecule is CC=N/C(C)=C(C(\N)=C(/C)CC)/C(=C\CCC)c1ccc([N+](=O)[O-])nc1.Cc1noc(-c2ccccc2)c1CSCC1CCC(C)O1. The first-order chi connectivity index (χ1) is 22.6. The van der Waals surface area contributed by atoms with Crippen LogP contribution in [-0.4, -0.2) is 39.2 Å². The van der Waals surface area contributed by atoms with Crippen molar-refractivity contribution in [1.29, 1.82) is 0 Å². The van der Waals surface area contributed by atoms with Crippen molar-refractivity contribution in [2.24, 2.45) is 10.7 Å². The largest absolute Gasteiger partial charge is 0.398 e. The number of nitro groups is 1. The second-order valence-corrected chi connectivity index (χ2v) is 12.6. The van der Waals surface area contributed by atoms with Crippen molar-refractivity contribution in [2.45, 2.75) is 98.5 Å². The smallest absolute Gasteiger partial charge is 0.363 e. The van der Waals surface area contributed by atoms with Crippen molar-refractivity contribution in [2.75, 3.05) is 5.75 Å². The van der Waals surface area contributed by atoms with Gasteiger partial charge in [0.15, 0.2) is 5.76 Å². The summed E-state index contributed by atoms with van der Waals surface area (Å²) in [6, 6.07) is 13.3. The highest BCUT2D eigenvalue weighted by atomic mass is 32.2. The second-order valence-electron chi connectivity index (χ2n) is 11.6. The van der Waals surface area contributed by atoms with Crippen molar-refractivity contribution >= 4 is 29.4 Å². The molecule has 2 aromatic heterocycles. The summed E-state index contributed by atoms with van der Waals surface area (Å²) >= 11 is 1.91. The van der Waals surface area contributed by atoms with Crippen molar-refractivity contribution in [1.82, 2.24) is 10.1 Å². The zero-order valence-corrected chi connectivity index (χ0v) is 29.6. The first kappa shape index (κ1) is 37.4. The minimum Gasteiger partial charge on any atom is -0.398 e. The third-order valence-electron chi connectivity index (χ3n) is 7.99. The van der Waals surface area contributed by atoms with Gasteiger partial charge in [0, 0.05) is 57.4 Å². The Balaban J connectivity index is 0.000000260. The number of unbranched alkanes of at least 4 members (excludes halogenated alkanes) is 1. The van der Waals surface area contributed by atoms with E-state index in [4.69, 9.17) is 15.0 Å². The molecular weight excluding hydrogens is 611 g/mol. The molecule has 0 saturated carbocycles. The van der Waals surface area contributed by atoms with Gasteiger partial charge >= 0.3 is 5.82 Å². The van der Waals surface area contributed by atoms with E-state index in [2.05, 4.69) is 54.1 Å². The number of aromatic nitrogens is 2. The van der Waals surface area contributed by atoms with Crippen molar-refractivity contribution in [3.8, 4) is 11.3 Å². The van der Waals surface area contributed by atoms with Crippen molar-refractivity contribution in [3.05, 3.63) is 104 Å².